The number of hydrogen-bond acceptors (Lipinski definition) is 7. The van der Waals surface area contributed by atoms with Crippen LogP contribution in [0, 0.1) is 0 Å². The molecular weight excluding hydrogens is 638 g/mol. The summed E-state index contributed by atoms with van der Waals surface area (Å²) >= 11 is 0. The van der Waals surface area contributed by atoms with E-state index in [-0.39, 0.29) is 43.4 Å². The molecule has 0 aliphatic heterocycles. The number of carbonyl (C=O) groups excluding carboxylic acids is 4. The summed E-state index contributed by atoms with van der Waals surface area (Å²) in [6, 6.07) is 17.0. The Kier molecular flexibility index (Phi) is 18.0. The molecule has 0 fully saturated rings. The topological polar surface area (TPSA) is 200 Å². The number of amides is 4. The number of carbonyl (C=O) groups is 5. The summed E-state index contributed by atoms with van der Waals surface area (Å²) in [4.78, 5) is 62.3. The van der Waals surface area contributed by atoms with Gasteiger partial charge in [0, 0.05) is 31.8 Å². The summed E-state index contributed by atoms with van der Waals surface area (Å²) in [5, 5.41) is 33.1. The lowest BCUT2D eigenvalue weighted by Gasteiger charge is -2.26. The number of nitrogens with two attached hydrogens (primary N) is 1. The van der Waals surface area contributed by atoms with E-state index >= 15 is 0 Å². The van der Waals surface area contributed by atoms with Crippen LogP contribution in [0.1, 0.15) is 77.3 Å². The molecule has 3 unspecified atom stereocenters. The van der Waals surface area contributed by atoms with E-state index in [0.717, 1.165) is 21.9 Å². The predicted molar refractivity (Wildman–Crippen MR) is 194 cm³/mol. The fourth-order valence-corrected chi connectivity index (χ4v) is 5.32. The molecule has 0 spiro atoms. The lowest BCUT2D eigenvalue weighted by Crippen LogP contribution is -2.57. The van der Waals surface area contributed by atoms with Crippen molar-refractivity contribution in [2.24, 2.45) is 5.73 Å². The van der Waals surface area contributed by atoms with Crippen molar-refractivity contribution < 1.29 is 34.2 Å². The van der Waals surface area contributed by atoms with Crippen LogP contribution in [0.2, 0.25) is 0 Å². The number of aliphatic carboxylic acids is 1. The lowest BCUT2D eigenvalue weighted by molar-refractivity contribution is -0.142. The van der Waals surface area contributed by atoms with Crippen LogP contribution in [0.15, 0.2) is 66.7 Å². The fraction of sp³-hybridized carbons (Fsp3) is 0.447. The van der Waals surface area contributed by atoms with Gasteiger partial charge in [0.25, 0.3) is 0 Å². The molecule has 0 radical (unpaired) electrons. The van der Waals surface area contributed by atoms with Crippen LogP contribution in [-0.4, -0.2) is 70.5 Å². The Morgan fingerprint density at radius 1 is 0.720 bits per heavy atom. The van der Waals surface area contributed by atoms with E-state index < -0.39 is 41.8 Å². The number of unbranched alkanes of at least 4 members (excludes halogenated alkanes) is 1. The van der Waals surface area contributed by atoms with Gasteiger partial charge in [-0.15, -0.1) is 0 Å². The predicted octanol–water partition coefficient (Wildman–Crippen LogP) is 3.72. The highest BCUT2D eigenvalue weighted by molar-refractivity contribution is 5.92. The molecule has 12 heteroatoms. The van der Waals surface area contributed by atoms with Crippen molar-refractivity contribution in [3.63, 3.8) is 0 Å². The van der Waals surface area contributed by atoms with E-state index in [2.05, 4.69) is 21.3 Å². The molecule has 8 N–H and O–H groups in total. The quantitative estimate of drug-likeness (QED) is 0.0870. The Morgan fingerprint density at radius 3 is 1.96 bits per heavy atom. The van der Waals surface area contributed by atoms with Crippen molar-refractivity contribution in [1.82, 2.24) is 21.3 Å². The third-order valence-electron chi connectivity index (χ3n) is 7.80. The number of nitrogens with one attached hydrogen (secondary N) is 4. The van der Waals surface area contributed by atoms with Gasteiger partial charge in [0.15, 0.2) is 0 Å². The van der Waals surface area contributed by atoms with Crippen LogP contribution in [0.25, 0.3) is 10.8 Å². The average Bonchev–Trinajstić information content (AvgIpc) is 3.08. The number of primary amides is 1. The van der Waals surface area contributed by atoms with Gasteiger partial charge in [-0.3, -0.25) is 19.2 Å². The van der Waals surface area contributed by atoms with Gasteiger partial charge in [0.1, 0.15) is 17.8 Å². The maximum Gasteiger partial charge on any atom is 0.326 e. The van der Waals surface area contributed by atoms with Gasteiger partial charge in [-0.25, -0.2) is 4.79 Å². The van der Waals surface area contributed by atoms with Gasteiger partial charge in [-0.05, 0) is 66.1 Å². The maximum atomic E-state index is 13.7. The number of phenols is 1. The van der Waals surface area contributed by atoms with E-state index in [0.29, 0.717) is 32.2 Å². The maximum absolute atomic E-state index is 13.7. The first-order valence-electron chi connectivity index (χ1n) is 17.3. The van der Waals surface area contributed by atoms with Crippen molar-refractivity contribution in [2.75, 3.05) is 6.54 Å². The smallest absolute Gasteiger partial charge is 0.326 e. The van der Waals surface area contributed by atoms with Crippen LogP contribution in [0.5, 0.6) is 5.75 Å². The Labute approximate surface area is 294 Å². The molecule has 3 atom stereocenters. The minimum atomic E-state index is -1.21. The molecule has 0 heterocycles. The second-order valence-corrected chi connectivity index (χ2v) is 12.3. The monoisotopic (exact) mass is 691 g/mol. The number of fused-ring (bicyclic) bond motifs is 1. The molecule has 12 nitrogen and oxygen atoms in total. The van der Waals surface area contributed by atoms with Crippen LogP contribution in [0.3, 0.4) is 0 Å². The van der Waals surface area contributed by atoms with Crippen molar-refractivity contribution in [3.8, 4) is 5.75 Å². The molecule has 3 aromatic rings. The average molecular weight is 692 g/mol. The minimum Gasteiger partial charge on any atom is -0.508 e. The standard InChI is InChI=1S/C36H47N5O7.C2H6/c1-23(2)39-30(21-24-14-17-28(42)18-15-24)34(45)41-31(22-25-13-16-26-8-3-4-9-27(26)20-25)35(46)40-29(36(47)48)10-5-6-19-38-33(44)12-7-11-32(37)43;1-2/h3-4,8-9,13-18,20,23,29-31,39,42H,5-7,10-12,19,21-22H2,1-2H3,(H2,37,43)(H,38,44)(H,40,46)(H,41,45)(H,47,48);1-2H3. The van der Waals surface area contributed by atoms with E-state index in [1.165, 1.54) is 0 Å². The zero-order valence-corrected chi connectivity index (χ0v) is 29.5. The third-order valence-corrected chi connectivity index (χ3v) is 7.80. The van der Waals surface area contributed by atoms with E-state index in [1.54, 1.807) is 24.3 Å². The van der Waals surface area contributed by atoms with Gasteiger partial charge in [0.2, 0.25) is 23.6 Å². The van der Waals surface area contributed by atoms with Gasteiger partial charge >= 0.3 is 5.97 Å². The van der Waals surface area contributed by atoms with Crippen molar-refractivity contribution in [1.29, 1.82) is 0 Å². The summed E-state index contributed by atoms with van der Waals surface area (Å²) in [5.41, 5.74) is 6.69. The van der Waals surface area contributed by atoms with Crippen LogP contribution < -0.4 is 27.0 Å². The molecular formula is C38H53N5O7. The second-order valence-electron chi connectivity index (χ2n) is 12.3. The number of carboxylic acids is 1. The molecule has 4 amide bonds. The Morgan fingerprint density at radius 2 is 1.32 bits per heavy atom. The summed E-state index contributed by atoms with van der Waals surface area (Å²) < 4.78 is 0. The third kappa shape index (κ3) is 15.1. The first kappa shape index (κ1) is 41.2. The largest absolute Gasteiger partial charge is 0.508 e. The number of carboxylic acid groups (broad SMARTS) is 1. The van der Waals surface area contributed by atoms with Gasteiger partial charge in [-0.1, -0.05) is 82.3 Å². The zero-order chi connectivity index (χ0) is 37.1. The number of rotatable bonds is 20. The molecule has 272 valence electrons. The fourth-order valence-electron chi connectivity index (χ4n) is 5.32. The molecule has 0 bridgehead atoms. The summed E-state index contributed by atoms with van der Waals surface area (Å²) in [6.07, 6.45) is 2.10. The van der Waals surface area contributed by atoms with Crippen LogP contribution in [0.4, 0.5) is 0 Å². The number of hydrogen-bond donors (Lipinski definition) is 7. The first-order valence-corrected chi connectivity index (χ1v) is 17.3. The highest BCUT2D eigenvalue weighted by atomic mass is 16.4. The highest BCUT2D eigenvalue weighted by Crippen LogP contribution is 2.18. The van der Waals surface area contributed by atoms with E-state index in [1.807, 2.05) is 70.2 Å². The zero-order valence-electron chi connectivity index (χ0n) is 29.5. The Bertz CT molecular complexity index is 1540. The molecule has 0 saturated heterocycles. The van der Waals surface area contributed by atoms with Crippen LogP contribution >= 0.6 is 0 Å². The van der Waals surface area contributed by atoms with E-state index in [4.69, 9.17) is 5.73 Å². The molecule has 0 aliphatic carbocycles. The summed E-state index contributed by atoms with van der Waals surface area (Å²) in [5.74, 6) is -2.83. The Balaban J connectivity index is 0.00000425. The molecule has 50 heavy (non-hydrogen) atoms. The van der Waals surface area contributed by atoms with Crippen LogP contribution in [-0.2, 0) is 36.8 Å². The van der Waals surface area contributed by atoms with Crippen molar-refractivity contribution >= 4 is 40.4 Å². The minimum absolute atomic E-state index is 0.0538. The van der Waals surface area contributed by atoms with Crippen molar-refractivity contribution in [3.05, 3.63) is 77.9 Å². The first-order chi connectivity index (χ1) is 23.9. The normalized spacial score (nSPS) is 12.6. The number of benzene rings is 3. The molecule has 0 saturated carbocycles. The Hall–Kier alpha value is -4.97. The molecule has 0 aliphatic rings. The van der Waals surface area contributed by atoms with E-state index in [9.17, 15) is 34.2 Å². The number of aromatic hydroxyl groups is 1. The van der Waals surface area contributed by atoms with Crippen molar-refractivity contribution in [2.45, 2.75) is 103 Å². The molecule has 3 rings (SSSR count). The van der Waals surface area contributed by atoms with Gasteiger partial charge in [0.05, 0.1) is 6.04 Å². The second kappa shape index (κ2) is 21.9. The summed E-state index contributed by atoms with van der Waals surface area (Å²) in [6.45, 7) is 8.13. The molecule has 3 aromatic carbocycles. The van der Waals surface area contributed by atoms with Gasteiger partial charge < -0.3 is 37.2 Å². The highest BCUT2D eigenvalue weighted by Gasteiger charge is 2.29. The lowest BCUT2D eigenvalue weighted by atomic mass is 9.99. The summed E-state index contributed by atoms with van der Waals surface area (Å²) in [7, 11) is 0. The molecule has 0 aromatic heterocycles. The number of phenolic OH excluding ortho intramolecular Hbond substituents is 1. The SMILES string of the molecule is CC.CC(C)NC(Cc1ccc(O)cc1)C(=O)NC(Cc1ccc2ccccc2c1)C(=O)NC(CCCCNC(=O)CCCC(N)=O)C(=O)O. The van der Waals surface area contributed by atoms with Gasteiger partial charge in [-0.2, -0.15) is 0 Å².